The molecule has 0 saturated heterocycles. The molecule has 0 saturated carbocycles. The van der Waals surface area contributed by atoms with Gasteiger partial charge in [0.1, 0.15) is 15.4 Å². The molecule has 0 aliphatic carbocycles. The second-order valence-electron chi connectivity index (χ2n) is 5.13. The standard InChI is InChI=1S/C14H16F3N3OS/c1-4-7(3)19-12(21)11-10(18)9-6(2)5-8(14(15,16)17)20-13(9)22-11/h5,7H,4,18H2,1-3H3,(H,19,21)/t7-/m1/s1. The second kappa shape index (κ2) is 5.75. The summed E-state index contributed by atoms with van der Waals surface area (Å²) in [4.78, 5) is 16.1. The Morgan fingerprint density at radius 3 is 2.68 bits per heavy atom. The molecule has 1 amide bonds. The van der Waals surface area contributed by atoms with Gasteiger partial charge in [0, 0.05) is 11.4 Å². The number of aryl methyl sites for hydroxylation is 1. The van der Waals surface area contributed by atoms with Crippen molar-refractivity contribution >= 4 is 33.1 Å². The summed E-state index contributed by atoms with van der Waals surface area (Å²) in [5.41, 5.74) is 5.50. The van der Waals surface area contributed by atoms with E-state index in [9.17, 15) is 18.0 Å². The summed E-state index contributed by atoms with van der Waals surface area (Å²) in [5.74, 6) is -0.386. The van der Waals surface area contributed by atoms with E-state index in [-0.39, 0.29) is 27.3 Å². The van der Waals surface area contributed by atoms with Crippen LogP contribution in [0, 0.1) is 6.92 Å². The van der Waals surface area contributed by atoms with Crippen LogP contribution >= 0.6 is 11.3 Å². The molecular formula is C14H16F3N3OS. The molecule has 0 aliphatic rings. The molecular weight excluding hydrogens is 315 g/mol. The minimum atomic E-state index is -4.53. The van der Waals surface area contributed by atoms with Gasteiger partial charge >= 0.3 is 6.18 Å². The zero-order chi connectivity index (χ0) is 16.7. The fourth-order valence-electron chi connectivity index (χ4n) is 2.02. The molecule has 2 rings (SSSR count). The third kappa shape index (κ3) is 3.01. The van der Waals surface area contributed by atoms with Gasteiger partial charge < -0.3 is 11.1 Å². The number of fused-ring (bicyclic) bond motifs is 1. The van der Waals surface area contributed by atoms with E-state index in [0.717, 1.165) is 23.8 Å². The first-order valence-corrected chi connectivity index (χ1v) is 7.54. The molecule has 120 valence electrons. The van der Waals surface area contributed by atoms with E-state index in [1.54, 1.807) is 0 Å². The number of nitrogens with one attached hydrogen (secondary N) is 1. The highest BCUT2D eigenvalue weighted by Crippen LogP contribution is 2.38. The third-order valence-electron chi connectivity index (χ3n) is 3.38. The number of amides is 1. The highest BCUT2D eigenvalue weighted by atomic mass is 32.1. The summed E-state index contributed by atoms with van der Waals surface area (Å²) in [6.45, 7) is 5.28. The lowest BCUT2D eigenvalue weighted by Gasteiger charge is -2.10. The minimum absolute atomic E-state index is 0.0445. The van der Waals surface area contributed by atoms with E-state index in [1.165, 1.54) is 6.92 Å². The third-order valence-corrected chi connectivity index (χ3v) is 4.48. The van der Waals surface area contributed by atoms with Crippen LogP contribution in [-0.4, -0.2) is 16.9 Å². The van der Waals surface area contributed by atoms with Crippen LogP contribution in [0.5, 0.6) is 0 Å². The van der Waals surface area contributed by atoms with Crippen LogP contribution in [0.1, 0.15) is 41.2 Å². The first-order valence-electron chi connectivity index (χ1n) is 6.72. The molecule has 4 nitrogen and oxygen atoms in total. The Labute approximate surface area is 129 Å². The average molecular weight is 331 g/mol. The van der Waals surface area contributed by atoms with Crippen molar-refractivity contribution in [2.24, 2.45) is 0 Å². The molecule has 0 aromatic carbocycles. The Balaban J connectivity index is 2.53. The Bertz CT molecular complexity index is 724. The maximum atomic E-state index is 12.8. The summed E-state index contributed by atoms with van der Waals surface area (Å²) in [6, 6.07) is 0.902. The molecule has 2 heterocycles. The lowest BCUT2D eigenvalue weighted by Crippen LogP contribution is -2.31. The second-order valence-corrected chi connectivity index (χ2v) is 6.13. The molecule has 0 bridgehead atoms. The molecule has 2 aromatic heterocycles. The highest BCUT2D eigenvalue weighted by Gasteiger charge is 2.34. The van der Waals surface area contributed by atoms with Crippen LogP contribution < -0.4 is 11.1 Å². The SMILES string of the molecule is CC[C@@H](C)NC(=O)c1sc2nc(C(F)(F)F)cc(C)c2c1N. The van der Waals surface area contributed by atoms with E-state index in [4.69, 9.17) is 5.73 Å². The van der Waals surface area contributed by atoms with Gasteiger partial charge in [0.05, 0.1) is 5.69 Å². The fourth-order valence-corrected chi connectivity index (χ4v) is 3.09. The van der Waals surface area contributed by atoms with Crippen LogP contribution in [0.25, 0.3) is 10.2 Å². The summed E-state index contributed by atoms with van der Waals surface area (Å²) in [7, 11) is 0. The van der Waals surface area contributed by atoms with E-state index >= 15 is 0 Å². The molecule has 0 radical (unpaired) electrons. The maximum absolute atomic E-state index is 12.8. The quantitative estimate of drug-likeness (QED) is 0.900. The normalized spacial score (nSPS) is 13.4. The summed E-state index contributed by atoms with van der Waals surface area (Å²) in [5, 5.41) is 3.16. The Morgan fingerprint density at radius 2 is 2.14 bits per heavy atom. The number of rotatable bonds is 3. The highest BCUT2D eigenvalue weighted by molar-refractivity contribution is 7.21. The summed E-state index contributed by atoms with van der Waals surface area (Å²) in [6.07, 6.45) is -3.79. The number of anilines is 1. The minimum Gasteiger partial charge on any atom is -0.397 e. The average Bonchev–Trinajstić information content (AvgIpc) is 2.75. The maximum Gasteiger partial charge on any atom is 0.433 e. The Kier molecular flexibility index (Phi) is 4.32. The molecule has 2 aromatic rings. The molecule has 0 fully saturated rings. The van der Waals surface area contributed by atoms with Gasteiger partial charge in [0.25, 0.3) is 5.91 Å². The number of nitrogens with two attached hydrogens (primary N) is 1. The number of hydrogen-bond acceptors (Lipinski definition) is 4. The van der Waals surface area contributed by atoms with Crippen LogP contribution in [0.15, 0.2) is 6.07 Å². The smallest absolute Gasteiger partial charge is 0.397 e. The van der Waals surface area contributed by atoms with Gasteiger partial charge in [-0.3, -0.25) is 4.79 Å². The number of hydrogen-bond donors (Lipinski definition) is 2. The predicted molar refractivity (Wildman–Crippen MR) is 81.0 cm³/mol. The zero-order valence-corrected chi connectivity index (χ0v) is 13.2. The summed E-state index contributed by atoms with van der Waals surface area (Å²) >= 11 is 0.881. The van der Waals surface area contributed by atoms with Crippen molar-refractivity contribution < 1.29 is 18.0 Å². The lowest BCUT2D eigenvalue weighted by molar-refractivity contribution is -0.141. The number of carbonyl (C=O) groups excluding carboxylic acids is 1. The number of thiophene rings is 1. The number of aromatic nitrogens is 1. The Hall–Kier alpha value is -1.83. The lowest BCUT2D eigenvalue weighted by atomic mass is 10.1. The largest absolute Gasteiger partial charge is 0.433 e. The number of halogens is 3. The first-order chi connectivity index (χ1) is 10.1. The monoisotopic (exact) mass is 331 g/mol. The fraction of sp³-hybridized carbons (Fsp3) is 0.429. The van der Waals surface area contributed by atoms with Crippen LogP contribution in [0.2, 0.25) is 0 Å². The number of nitrogens with zero attached hydrogens (tertiary/aromatic N) is 1. The van der Waals surface area contributed by atoms with Crippen molar-refractivity contribution in [2.45, 2.75) is 39.4 Å². The summed E-state index contributed by atoms with van der Waals surface area (Å²) < 4.78 is 38.4. The van der Waals surface area contributed by atoms with Crippen molar-refractivity contribution in [3.05, 3.63) is 22.2 Å². The van der Waals surface area contributed by atoms with Crippen molar-refractivity contribution in [2.75, 3.05) is 5.73 Å². The molecule has 1 atom stereocenters. The van der Waals surface area contributed by atoms with Gasteiger partial charge in [-0.1, -0.05) is 6.92 Å². The molecule has 22 heavy (non-hydrogen) atoms. The first kappa shape index (κ1) is 16.5. The van der Waals surface area contributed by atoms with E-state index in [1.807, 2.05) is 13.8 Å². The van der Waals surface area contributed by atoms with Crippen LogP contribution in [0.4, 0.5) is 18.9 Å². The topological polar surface area (TPSA) is 68.0 Å². The van der Waals surface area contributed by atoms with Gasteiger partial charge in [-0.15, -0.1) is 11.3 Å². The molecule has 0 aliphatic heterocycles. The van der Waals surface area contributed by atoms with Gasteiger partial charge in [-0.2, -0.15) is 13.2 Å². The van der Waals surface area contributed by atoms with Crippen molar-refractivity contribution in [3.8, 4) is 0 Å². The van der Waals surface area contributed by atoms with E-state index in [2.05, 4.69) is 10.3 Å². The van der Waals surface area contributed by atoms with Gasteiger partial charge in [-0.25, -0.2) is 4.98 Å². The van der Waals surface area contributed by atoms with Gasteiger partial charge in [0.15, 0.2) is 0 Å². The van der Waals surface area contributed by atoms with Gasteiger partial charge in [0.2, 0.25) is 0 Å². The number of carbonyl (C=O) groups is 1. The number of nitrogen functional groups attached to an aromatic ring is 1. The molecule has 0 spiro atoms. The van der Waals surface area contributed by atoms with Crippen LogP contribution in [-0.2, 0) is 6.18 Å². The predicted octanol–water partition coefficient (Wildman–Crippen LogP) is 3.73. The van der Waals surface area contributed by atoms with Gasteiger partial charge in [-0.05, 0) is 31.9 Å². The van der Waals surface area contributed by atoms with Crippen molar-refractivity contribution in [1.29, 1.82) is 0 Å². The number of pyridine rings is 1. The molecule has 3 N–H and O–H groups in total. The Morgan fingerprint density at radius 1 is 1.50 bits per heavy atom. The van der Waals surface area contributed by atoms with Crippen LogP contribution in [0.3, 0.4) is 0 Å². The van der Waals surface area contributed by atoms with Crippen molar-refractivity contribution in [1.82, 2.24) is 10.3 Å². The molecule has 0 unspecified atom stereocenters. The zero-order valence-electron chi connectivity index (χ0n) is 12.3. The van der Waals surface area contributed by atoms with E-state index in [0.29, 0.717) is 10.9 Å². The molecule has 8 heteroatoms. The van der Waals surface area contributed by atoms with Crippen molar-refractivity contribution in [3.63, 3.8) is 0 Å². The number of alkyl halides is 3. The van der Waals surface area contributed by atoms with E-state index < -0.39 is 11.9 Å².